The fraction of sp³-hybridized carbons (Fsp3) is 0.375. The van der Waals surface area contributed by atoms with Crippen molar-refractivity contribution in [3.8, 4) is 11.5 Å². The summed E-state index contributed by atoms with van der Waals surface area (Å²) in [6, 6.07) is 2.44. The van der Waals surface area contributed by atoms with E-state index in [1.807, 2.05) is 0 Å². The zero-order valence-electron chi connectivity index (χ0n) is 12.4. The van der Waals surface area contributed by atoms with Gasteiger partial charge < -0.3 is 9.47 Å². The molecule has 1 aliphatic heterocycles. The first kappa shape index (κ1) is 14.6. The molecular formula is C16H16FNO4. The predicted octanol–water partition coefficient (Wildman–Crippen LogP) is 2.59. The van der Waals surface area contributed by atoms with Crippen LogP contribution in [0, 0.1) is 5.82 Å². The second-order valence-corrected chi connectivity index (χ2v) is 5.27. The van der Waals surface area contributed by atoms with E-state index in [2.05, 4.69) is 0 Å². The third-order valence-corrected chi connectivity index (χ3v) is 4.08. The number of ether oxygens (including phenoxy) is 2. The monoisotopic (exact) mass is 305 g/mol. The van der Waals surface area contributed by atoms with Crippen LogP contribution in [0.5, 0.6) is 11.5 Å². The third kappa shape index (κ3) is 2.06. The van der Waals surface area contributed by atoms with Crippen molar-refractivity contribution in [1.82, 2.24) is 0 Å². The topological polar surface area (TPSA) is 55.8 Å². The standard InChI is InChI=1S/C16H16FNO4/c1-21-13-7-11(17)12(8-14(13)22-2)18-15(19)9-5-3-4-6-10(9)16(18)20/h7-8H,3-6H2,1-2H3. The first-order valence-corrected chi connectivity index (χ1v) is 7.10. The Morgan fingerprint density at radius 1 is 0.955 bits per heavy atom. The Morgan fingerprint density at radius 2 is 1.45 bits per heavy atom. The molecule has 1 heterocycles. The summed E-state index contributed by atoms with van der Waals surface area (Å²) in [6.45, 7) is 0. The van der Waals surface area contributed by atoms with Crippen molar-refractivity contribution in [2.75, 3.05) is 19.1 Å². The normalized spacial score (nSPS) is 17.9. The van der Waals surface area contributed by atoms with E-state index < -0.39 is 17.6 Å². The Balaban J connectivity index is 2.06. The molecule has 0 saturated carbocycles. The van der Waals surface area contributed by atoms with Crippen LogP contribution in [0.4, 0.5) is 10.1 Å². The van der Waals surface area contributed by atoms with Crippen LogP contribution >= 0.6 is 0 Å². The second-order valence-electron chi connectivity index (χ2n) is 5.27. The highest BCUT2D eigenvalue weighted by atomic mass is 19.1. The predicted molar refractivity (Wildman–Crippen MR) is 77.5 cm³/mol. The SMILES string of the molecule is COc1cc(F)c(N2C(=O)C3=C(CCCC3)C2=O)cc1OC. The molecule has 0 fully saturated rings. The fourth-order valence-electron chi connectivity index (χ4n) is 2.97. The molecule has 3 rings (SSSR count). The van der Waals surface area contributed by atoms with Crippen LogP contribution in [0.1, 0.15) is 25.7 Å². The number of carbonyl (C=O) groups excluding carboxylic acids is 2. The van der Waals surface area contributed by atoms with Gasteiger partial charge in [-0.1, -0.05) is 0 Å². The average molecular weight is 305 g/mol. The Bertz CT molecular complexity index is 668. The Kier molecular flexibility index (Phi) is 3.60. The summed E-state index contributed by atoms with van der Waals surface area (Å²) in [5.41, 5.74) is 0.943. The molecule has 22 heavy (non-hydrogen) atoms. The summed E-state index contributed by atoms with van der Waals surface area (Å²) in [6.07, 6.45) is 2.90. The summed E-state index contributed by atoms with van der Waals surface area (Å²) in [5, 5.41) is 0. The molecule has 0 bridgehead atoms. The molecule has 1 aromatic carbocycles. The van der Waals surface area contributed by atoms with Gasteiger partial charge in [0, 0.05) is 23.3 Å². The van der Waals surface area contributed by atoms with E-state index >= 15 is 0 Å². The number of hydrogen-bond acceptors (Lipinski definition) is 4. The van der Waals surface area contributed by atoms with Crippen LogP contribution in [-0.2, 0) is 9.59 Å². The minimum absolute atomic E-state index is 0.0953. The molecule has 0 atom stereocenters. The Labute approximate surface area is 127 Å². The van der Waals surface area contributed by atoms with Gasteiger partial charge in [0.1, 0.15) is 0 Å². The van der Waals surface area contributed by atoms with Gasteiger partial charge in [0.15, 0.2) is 17.3 Å². The average Bonchev–Trinajstić information content (AvgIpc) is 2.79. The van der Waals surface area contributed by atoms with Crippen molar-refractivity contribution in [3.05, 3.63) is 29.1 Å². The van der Waals surface area contributed by atoms with E-state index in [0.717, 1.165) is 23.8 Å². The number of methoxy groups -OCH3 is 2. The zero-order chi connectivity index (χ0) is 15.9. The highest BCUT2D eigenvalue weighted by Gasteiger charge is 2.41. The van der Waals surface area contributed by atoms with Gasteiger partial charge in [-0.3, -0.25) is 9.59 Å². The molecule has 0 saturated heterocycles. The van der Waals surface area contributed by atoms with Crippen LogP contribution in [0.15, 0.2) is 23.3 Å². The van der Waals surface area contributed by atoms with Gasteiger partial charge >= 0.3 is 0 Å². The zero-order valence-corrected chi connectivity index (χ0v) is 12.4. The van der Waals surface area contributed by atoms with E-state index in [1.165, 1.54) is 20.3 Å². The van der Waals surface area contributed by atoms with Crippen LogP contribution in [0.2, 0.25) is 0 Å². The number of nitrogens with zero attached hydrogens (tertiary/aromatic N) is 1. The van der Waals surface area contributed by atoms with Gasteiger partial charge in [0.2, 0.25) is 0 Å². The van der Waals surface area contributed by atoms with Crippen molar-refractivity contribution in [1.29, 1.82) is 0 Å². The number of anilines is 1. The number of halogens is 1. The maximum atomic E-state index is 14.3. The van der Waals surface area contributed by atoms with Gasteiger partial charge in [-0.05, 0) is 25.7 Å². The molecule has 0 unspecified atom stereocenters. The molecule has 5 nitrogen and oxygen atoms in total. The number of carbonyl (C=O) groups is 2. The summed E-state index contributed by atoms with van der Waals surface area (Å²) >= 11 is 0. The summed E-state index contributed by atoms with van der Waals surface area (Å²) in [4.78, 5) is 25.8. The molecule has 1 aromatic rings. The molecule has 0 aromatic heterocycles. The van der Waals surface area contributed by atoms with Gasteiger partial charge in [0.25, 0.3) is 11.8 Å². The number of benzene rings is 1. The van der Waals surface area contributed by atoms with E-state index in [-0.39, 0.29) is 17.2 Å². The maximum absolute atomic E-state index is 14.3. The van der Waals surface area contributed by atoms with Crippen molar-refractivity contribution < 1.29 is 23.5 Å². The quantitative estimate of drug-likeness (QED) is 0.805. The van der Waals surface area contributed by atoms with Crippen LogP contribution in [-0.4, -0.2) is 26.0 Å². The lowest BCUT2D eigenvalue weighted by molar-refractivity contribution is -0.120. The van der Waals surface area contributed by atoms with Gasteiger partial charge in [-0.2, -0.15) is 0 Å². The number of amides is 2. The van der Waals surface area contributed by atoms with E-state index in [0.29, 0.717) is 24.0 Å². The summed E-state index contributed by atoms with van der Waals surface area (Å²) in [5.74, 6) is -1.07. The Morgan fingerprint density at radius 3 is 1.95 bits per heavy atom. The molecule has 1 aliphatic carbocycles. The number of rotatable bonds is 3. The lowest BCUT2D eigenvalue weighted by Crippen LogP contribution is -2.32. The lowest BCUT2D eigenvalue weighted by Gasteiger charge is -2.18. The van der Waals surface area contributed by atoms with E-state index in [1.54, 1.807) is 0 Å². The third-order valence-electron chi connectivity index (χ3n) is 4.08. The van der Waals surface area contributed by atoms with Gasteiger partial charge in [0.05, 0.1) is 19.9 Å². The summed E-state index contributed by atoms with van der Waals surface area (Å²) in [7, 11) is 2.81. The molecule has 0 radical (unpaired) electrons. The van der Waals surface area contributed by atoms with Crippen molar-refractivity contribution in [3.63, 3.8) is 0 Å². The number of imide groups is 1. The second kappa shape index (κ2) is 5.44. The molecule has 2 amide bonds. The van der Waals surface area contributed by atoms with Crippen molar-refractivity contribution in [2.24, 2.45) is 0 Å². The highest BCUT2D eigenvalue weighted by Crippen LogP contribution is 2.40. The molecular weight excluding hydrogens is 289 g/mol. The number of hydrogen-bond donors (Lipinski definition) is 0. The summed E-state index contributed by atoms with van der Waals surface area (Å²) < 4.78 is 24.5. The molecule has 0 spiro atoms. The van der Waals surface area contributed by atoms with Gasteiger partial charge in [-0.15, -0.1) is 0 Å². The Hall–Kier alpha value is -2.37. The van der Waals surface area contributed by atoms with E-state index in [9.17, 15) is 14.0 Å². The molecule has 0 N–H and O–H groups in total. The molecule has 2 aliphatic rings. The first-order valence-electron chi connectivity index (χ1n) is 7.10. The van der Waals surface area contributed by atoms with E-state index in [4.69, 9.17) is 9.47 Å². The fourth-order valence-corrected chi connectivity index (χ4v) is 2.97. The minimum Gasteiger partial charge on any atom is -0.493 e. The lowest BCUT2D eigenvalue weighted by atomic mass is 9.93. The molecule has 6 heteroatoms. The van der Waals surface area contributed by atoms with Crippen LogP contribution < -0.4 is 14.4 Å². The van der Waals surface area contributed by atoms with Crippen molar-refractivity contribution >= 4 is 17.5 Å². The largest absolute Gasteiger partial charge is 0.493 e. The van der Waals surface area contributed by atoms with Crippen LogP contribution in [0.25, 0.3) is 0 Å². The van der Waals surface area contributed by atoms with Crippen LogP contribution in [0.3, 0.4) is 0 Å². The smallest absolute Gasteiger partial charge is 0.261 e. The molecule has 116 valence electrons. The maximum Gasteiger partial charge on any atom is 0.261 e. The minimum atomic E-state index is -0.695. The van der Waals surface area contributed by atoms with Gasteiger partial charge in [-0.25, -0.2) is 9.29 Å². The van der Waals surface area contributed by atoms with Crippen molar-refractivity contribution in [2.45, 2.75) is 25.7 Å². The first-order chi connectivity index (χ1) is 10.6. The highest BCUT2D eigenvalue weighted by molar-refractivity contribution is 6.33.